The summed E-state index contributed by atoms with van der Waals surface area (Å²) in [5.41, 5.74) is 0.788. The maximum absolute atomic E-state index is 5.67. The van der Waals surface area contributed by atoms with Crippen molar-refractivity contribution in [2.24, 2.45) is 0 Å². The van der Waals surface area contributed by atoms with E-state index in [4.69, 9.17) is 18.7 Å². The summed E-state index contributed by atoms with van der Waals surface area (Å²) >= 11 is 1.53. The number of ether oxygens (including phenoxy) is 3. The number of aromatic nitrogens is 3. The van der Waals surface area contributed by atoms with Gasteiger partial charge in [-0.15, -0.1) is 11.3 Å². The fourth-order valence-corrected chi connectivity index (χ4v) is 3.65. The molecule has 0 saturated carbocycles. The number of nitrogens with zero attached hydrogens (tertiary/aromatic N) is 3. The molecule has 130 valence electrons. The first-order valence-electron chi connectivity index (χ1n) is 7.92. The van der Waals surface area contributed by atoms with Crippen LogP contribution in [0.15, 0.2) is 28.9 Å². The highest BCUT2D eigenvalue weighted by Crippen LogP contribution is 2.36. The molecule has 3 heterocycles. The van der Waals surface area contributed by atoms with Crippen molar-refractivity contribution in [3.63, 3.8) is 0 Å². The first-order chi connectivity index (χ1) is 12.3. The molecule has 0 bridgehead atoms. The normalized spacial score (nSPS) is 17.0. The molecule has 0 aliphatic carbocycles. The van der Waals surface area contributed by atoms with Gasteiger partial charge in [-0.2, -0.15) is 4.98 Å². The van der Waals surface area contributed by atoms with Gasteiger partial charge in [0.15, 0.2) is 11.5 Å². The first-order valence-corrected chi connectivity index (χ1v) is 8.74. The van der Waals surface area contributed by atoms with Crippen molar-refractivity contribution in [1.29, 1.82) is 0 Å². The molecule has 0 N–H and O–H groups in total. The minimum absolute atomic E-state index is 0.0898. The summed E-state index contributed by atoms with van der Waals surface area (Å²) in [5, 5.41) is 5.02. The summed E-state index contributed by atoms with van der Waals surface area (Å²) < 4.78 is 21.6. The van der Waals surface area contributed by atoms with Crippen molar-refractivity contribution < 1.29 is 18.7 Å². The quantitative estimate of drug-likeness (QED) is 0.686. The highest BCUT2D eigenvalue weighted by atomic mass is 32.1. The zero-order chi connectivity index (χ0) is 17.2. The molecule has 0 radical (unpaired) electrons. The summed E-state index contributed by atoms with van der Waals surface area (Å²) in [6.45, 7) is 0.795. The molecule has 1 aliphatic heterocycles. The molecule has 7 nitrogen and oxygen atoms in total. The van der Waals surface area contributed by atoms with Crippen LogP contribution < -0.4 is 9.47 Å². The van der Waals surface area contributed by atoms with E-state index in [1.54, 1.807) is 20.4 Å². The van der Waals surface area contributed by atoms with Crippen LogP contribution in [-0.4, -0.2) is 36.0 Å². The van der Waals surface area contributed by atoms with E-state index in [2.05, 4.69) is 15.1 Å². The molecule has 25 heavy (non-hydrogen) atoms. The monoisotopic (exact) mass is 359 g/mol. The van der Waals surface area contributed by atoms with Crippen LogP contribution in [0.5, 0.6) is 11.5 Å². The Kier molecular flexibility index (Phi) is 4.37. The lowest BCUT2D eigenvalue weighted by atomic mass is 10.2. The van der Waals surface area contributed by atoms with Crippen LogP contribution in [0, 0.1) is 0 Å². The fraction of sp³-hybridized carbons (Fsp3) is 0.353. The minimum atomic E-state index is 0.0898. The van der Waals surface area contributed by atoms with Gasteiger partial charge in [-0.1, -0.05) is 5.16 Å². The predicted octanol–water partition coefficient (Wildman–Crippen LogP) is 3.73. The Morgan fingerprint density at radius 1 is 1.20 bits per heavy atom. The van der Waals surface area contributed by atoms with Gasteiger partial charge in [0.1, 0.15) is 16.0 Å². The summed E-state index contributed by atoms with van der Waals surface area (Å²) in [5.74, 6) is 2.21. The smallest absolute Gasteiger partial charge is 0.269 e. The van der Waals surface area contributed by atoms with Crippen LogP contribution in [0.25, 0.3) is 22.2 Å². The predicted molar refractivity (Wildman–Crippen MR) is 91.9 cm³/mol. The zero-order valence-electron chi connectivity index (χ0n) is 13.9. The standard InChI is InChI=1S/C17H17N3O4S/c1-21-11-6-5-10(8-13(11)22-2)15-19-16(24-20-15)14-9-18-17(25-14)12-4-3-7-23-12/h5-6,8-9,12H,3-4,7H2,1-2H3. The summed E-state index contributed by atoms with van der Waals surface area (Å²) in [6, 6.07) is 5.49. The van der Waals surface area contributed by atoms with Crippen molar-refractivity contribution in [2.75, 3.05) is 20.8 Å². The maximum atomic E-state index is 5.67. The highest BCUT2D eigenvalue weighted by Gasteiger charge is 2.23. The number of rotatable bonds is 5. The van der Waals surface area contributed by atoms with Gasteiger partial charge in [-0.25, -0.2) is 4.98 Å². The lowest BCUT2D eigenvalue weighted by Crippen LogP contribution is -1.93. The summed E-state index contributed by atoms with van der Waals surface area (Å²) in [4.78, 5) is 9.75. The first kappa shape index (κ1) is 16.0. The van der Waals surface area contributed by atoms with E-state index in [0.29, 0.717) is 23.2 Å². The molecule has 4 rings (SSSR count). The molecule has 2 aromatic heterocycles. The fourth-order valence-electron chi connectivity index (χ4n) is 2.72. The van der Waals surface area contributed by atoms with Crippen LogP contribution in [0.1, 0.15) is 24.0 Å². The van der Waals surface area contributed by atoms with Gasteiger partial charge in [0.2, 0.25) is 5.82 Å². The van der Waals surface area contributed by atoms with Gasteiger partial charge >= 0.3 is 0 Å². The molecule has 1 aliphatic rings. The Morgan fingerprint density at radius 3 is 2.84 bits per heavy atom. The number of hydrogen-bond acceptors (Lipinski definition) is 8. The van der Waals surface area contributed by atoms with Gasteiger partial charge in [-0.05, 0) is 31.0 Å². The molecule has 0 spiro atoms. The Labute approximate surface area is 148 Å². The van der Waals surface area contributed by atoms with E-state index in [1.807, 2.05) is 18.2 Å². The van der Waals surface area contributed by atoms with Crippen molar-refractivity contribution >= 4 is 11.3 Å². The molecule has 3 aromatic rings. The topological polar surface area (TPSA) is 79.5 Å². The second-order valence-electron chi connectivity index (χ2n) is 5.56. The molecule has 1 aromatic carbocycles. The molecule has 8 heteroatoms. The Bertz CT molecular complexity index is 870. The molecule has 1 unspecified atom stereocenters. The van der Waals surface area contributed by atoms with E-state index in [0.717, 1.165) is 34.9 Å². The number of benzene rings is 1. The molecule has 1 fully saturated rings. The number of thiazole rings is 1. The van der Waals surface area contributed by atoms with E-state index in [9.17, 15) is 0 Å². The van der Waals surface area contributed by atoms with E-state index < -0.39 is 0 Å². The average molecular weight is 359 g/mol. The van der Waals surface area contributed by atoms with Crippen molar-refractivity contribution in [3.05, 3.63) is 29.4 Å². The third kappa shape index (κ3) is 3.10. The lowest BCUT2D eigenvalue weighted by Gasteiger charge is -2.07. The number of hydrogen-bond donors (Lipinski definition) is 0. The van der Waals surface area contributed by atoms with Gasteiger partial charge in [-0.3, -0.25) is 0 Å². The Balaban J connectivity index is 1.60. The lowest BCUT2D eigenvalue weighted by molar-refractivity contribution is 0.111. The van der Waals surface area contributed by atoms with Crippen LogP contribution in [0.4, 0.5) is 0 Å². The van der Waals surface area contributed by atoms with Crippen LogP contribution in [0.3, 0.4) is 0 Å². The third-order valence-electron chi connectivity index (χ3n) is 4.01. The van der Waals surface area contributed by atoms with E-state index in [-0.39, 0.29) is 6.10 Å². The van der Waals surface area contributed by atoms with Gasteiger partial charge < -0.3 is 18.7 Å². The van der Waals surface area contributed by atoms with Gasteiger partial charge in [0.25, 0.3) is 5.89 Å². The molecular formula is C17H17N3O4S. The number of methoxy groups -OCH3 is 2. The maximum Gasteiger partial charge on any atom is 0.269 e. The molecule has 0 amide bonds. The van der Waals surface area contributed by atoms with Crippen LogP contribution >= 0.6 is 11.3 Å². The zero-order valence-corrected chi connectivity index (χ0v) is 14.7. The van der Waals surface area contributed by atoms with E-state index >= 15 is 0 Å². The van der Waals surface area contributed by atoms with Crippen molar-refractivity contribution in [2.45, 2.75) is 18.9 Å². The Hall–Kier alpha value is -2.45. The van der Waals surface area contributed by atoms with Crippen LogP contribution in [-0.2, 0) is 4.74 Å². The Morgan fingerprint density at radius 2 is 2.08 bits per heavy atom. The largest absolute Gasteiger partial charge is 0.493 e. The SMILES string of the molecule is COc1ccc(-c2noc(-c3cnc(C4CCCO4)s3)n2)cc1OC. The second kappa shape index (κ2) is 6.81. The molecule has 1 atom stereocenters. The highest BCUT2D eigenvalue weighted by molar-refractivity contribution is 7.15. The molecule has 1 saturated heterocycles. The van der Waals surface area contributed by atoms with Gasteiger partial charge in [0.05, 0.1) is 20.4 Å². The second-order valence-corrected chi connectivity index (χ2v) is 6.62. The third-order valence-corrected chi connectivity index (χ3v) is 5.08. The van der Waals surface area contributed by atoms with Crippen LogP contribution in [0.2, 0.25) is 0 Å². The van der Waals surface area contributed by atoms with Crippen molar-refractivity contribution in [1.82, 2.24) is 15.1 Å². The molecular weight excluding hydrogens is 342 g/mol. The van der Waals surface area contributed by atoms with Gasteiger partial charge in [0, 0.05) is 12.2 Å². The average Bonchev–Trinajstić information content (AvgIpc) is 3.41. The minimum Gasteiger partial charge on any atom is -0.493 e. The van der Waals surface area contributed by atoms with E-state index in [1.165, 1.54) is 11.3 Å². The van der Waals surface area contributed by atoms with Crippen molar-refractivity contribution in [3.8, 4) is 33.7 Å². The summed E-state index contributed by atoms with van der Waals surface area (Å²) in [6.07, 6.45) is 3.93. The summed E-state index contributed by atoms with van der Waals surface area (Å²) in [7, 11) is 3.19.